The number of hydrogen-bond donors (Lipinski definition) is 0. The fourth-order valence-electron chi connectivity index (χ4n) is 2.59. The van der Waals surface area contributed by atoms with E-state index in [-0.39, 0.29) is 10.8 Å². The number of sulfonamides is 1. The number of piperidine rings is 1. The van der Waals surface area contributed by atoms with Gasteiger partial charge in [-0.1, -0.05) is 0 Å². The van der Waals surface area contributed by atoms with Gasteiger partial charge in [-0.2, -0.15) is 4.31 Å². The third-order valence-electron chi connectivity index (χ3n) is 3.68. The minimum Gasteiger partial charge on any atom is -0.263 e. The van der Waals surface area contributed by atoms with Crippen LogP contribution < -0.4 is 0 Å². The topological polar surface area (TPSA) is 76.1 Å². The van der Waals surface area contributed by atoms with Crippen LogP contribution in [0.2, 0.25) is 0 Å². The molecule has 0 amide bonds. The Hall–Kier alpha value is -1.86. The van der Waals surface area contributed by atoms with E-state index in [4.69, 9.17) is 0 Å². The molecule has 0 bridgehead atoms. The smallest absolute Gasteiger partial charge is 0.244 e. The Morgan fingerprint density at radius 3 is 2.81 bits per heavy atom. The van der Waals surface area contributed by atoms with Crippen LogP contribution >= 0.6 is 0 Å². The number of rotatable bonds is 3. The third-order valence-corrected chi connectivity index (χ3v) is 5.53. The number of nitrogens with zero attached hydrogens (tertiary/aromatic N) is 4. The molecule has 0 radical (unpaired) electrons. The Labute approximate surface area is 123 Å². The number of aromatic nitrogens is 3. The van der Waals surface area contributed by atoms with E-state index in [9.17, 15) is 8.42 Å². The first kappa shape index (κ1) is 14.1. The summed E-state index contributed by atoms with van der Waals surface area (Å²) in [6.07, 6.45) is 7.92. The van der Waals surface area contributed by atoms with Crippen molar-refractivity contribution in [1.82, 2.24) is 19.3 Å². The Kier molecular flexibility index (Phi) is 3.94. The summed E-state index contributed by atoms with van der Waals surface area (Å²) < 4.78 is 26.8. The molecule has 0 spiro atoms. The summed E-state index contributed by atoms with van der Waals surface area (Å²) in [7, 11) is -3.48. The van der Waals surface area contributed by atoms with Crippen LogP contribution in [0.3, 0.4) is 0 Å². The molecule has 1 unspecified atom stereocenters. The minimum absolute atomic E-state index is 0.119. The third kappa shape index (κ3) is 2.93. The van der Waals surface area contributed by atoms with Crippen molar-refractivity contribution >= 4 is 10.0 Å². The first-order valence-electron chi connectivity index (χ1n) is 6.84. The molecule has 3 heterocycles. The Bertz CT molecular complexity index is 691. The Balaban J connectivity index is 1.84. The lowest BCUT2D eigenvalue weighted by Crippen LogP contribution is -2.39. The molecule has 1 atom stereocenters. The van der Waals surface area contributed by atoms with Crippen LogP contribution in [0.25, 0.3) is 0 Å². The highest BCUT2D eigenvalue weighted by Gasteiger charge is 2.31. The standard InChI is InChI=1S/C14H16N4O2S/c19-21(20,13-4-1-6-15-9-13)18-8-2-3-12(10-18)14-5-7-16-11-17-14/h1,4-7,9,11-12H,2-3,8,10H2. The molecule has 2 aromatic heterocycles. The summed E-state index contributed by atoms with van der Waals surface area (Å²) in [6, 6.07) is 5.07. The van der Waals surface area contributed by atoms with Crippen molar-refractivity contribution in [2.75, 3.05) is 13.1 Å². The molecule has 1 aliphatic heterocycles. The van der Waals surface area contributed by atoms with E-state index in [1.54, 1.807) is 24.5 Å². The zero-order valence-electron chi connectivity index (χ0n) is 11.5. The molecule has 6 nitrogen and oxygen atoms in total. The van der Waals surface area contributed by atoms with E-state index in [0.717, 1.165) is 18.5 Å². The van der Waals surface area contributed by atoms with E-state index >= 15 is 0 Å². The molecular formula is C14H16N4O2S. The maximum absolute atomic E-state index is 12.6. The van der Waals surface area contributed by atoms with E-state index in [0.29, 0.717) is 13.1 Å². The highest BCUT2D eigenvalue weighted by atomic mass is 32.2. The zero-order chi connectivity index (χ0) is 14.7. The van der Waals surface area contributed by atoms with Gasteiger partial charge in [0.1, 0.15) is 11.2 Å². The molecule has 1 fully saturated rings. The first-order chi connectivity index (χ1) is 10.2. The van der Waals surface area contributed by atoms with Gasteiger partial charge in [0.05, 0.1) is 0 Å². The van der Waals surface area contributed by atoms with E-state index in [2.05, 4.69) is 15.0 Å². The Morgan fingerprint density at radius 2 is 2.10 bits per heavy atom. The summed E-state index contributed by atoms with van der Waals surface area (Å²) in [6.45, 7) is 0.993. The quantitative estimate of drug-likeness (QED) is 0.857. The van der Waals surface area contributed by atoms with Gasteiger partial charge in [0.2, 0.25) is 10.0 Å². The van der Waals surface area contributed by atoms with Gasteiger partial charge in [-0.25, -0.2) is 18.4 Å². The average Bonchev–Trinajstić information content (AvgIpc) is 2.57. The summed E-state index contributed by atoms with van der Waals surface area (Å²) in [5, 5.41) is 0. The Morgan fingerprint density at radius 1 is 1.19 bits per heavy atom. The highest BCUT2D eigenvalue weighted by molar-refractivity contribution is 7.89. The van der Waals surface area contributed by atoms with Crippen LogP contribution in [-0.4, -0.2) is 40.8 Å². The lowest BCUT2D eigenvalue weighted by atomic mass is 9.96. The minimum atomic E-state index is -3.48. The van der Waals surface area contributed by atoms with Crippen molar-refractivity contribution in [2.24, 2.45) is 0 Å². The van der Waals surface area contributed by atoms with Gasteiger partial charge in [-0.05, 0) is 31.0 Å². The van der Waals surface area contributed by atoms with Crippen molar-refractivity contribution in [3.8, 4) is 0 Å². The van der Waals surface area contributed by atoms with Gasteiger partial charge in [0.25, 0.3) is 0 Å². The molecule has 21 heavy (non-hydrogen) atoms. The SMILES string of the molecule is O=S(=O)(c1cccnc1)N1CCCC(c2ccncn2)C1. The number of hydrogen-bond acceptors (Lipinski definition) is 5. The average molecular weight is 304 g/mol. The lowest BCUT2D eigenvalue weighted by Gasteiger charge is -2.31. The van der Waals surface area contributed by atoms with Crippen LogP contribution in [0.4, 0.5) is 0 Å². The molecule has 1 aliphatic rings. The second-order valence-corrected chi connectivity index (χ2v) is 6.96. The van der Waals surface area contributed by atoms with Crippen molar-refractivity contribution in [1.29, 1.82) is 0 Å². The van der Waals surface area contributed by atoms with Gasteiger partial charge in [0, 0.05) is 43.3 Å². The normalized spacial score (nSPS) is 20.3. The second-order valence-electron chi connectivity index (χ2n) is 5.03. The lowest BCUT2D eigenvalue weighted by molar-refractivity contribution is 0.312. The van der Waals surface area contributed by atoms with Crippen molar-refractivity contribution in [3.63, 3.8) is 0 Å². The van der Waals surface area contributed by atoms with Crippen LogP contribution in [0.1, 0.15) is 24.5 Å². The molecule has 0 saturated carbocycles. The fraction of sp³-hybridized carbons (Fsp3) is 0.357. The summed E-state index contributed by atoms with van der Waals surface area (Å²) in [5.74, 6) is 0.119. The fourth-order valence-corrected chi connectivity index (χ4v) is 4.08. The molecule has 0 aromatic carbocycles. The summed E-state index contributed by atoms with van der Waals surface area (Å²) >= 11 is 0. The predicted molar refractivity (Wildman–Crippen MR) is 77.0 cm³/mol. The molecule has 3 rings (SSSR count). The van der Waals surface area contributed by atoms with Crippen molar-refractivity contribution in [3.05, 3.63) is 48.8 Å². The van der Waals surface area contributed by atoms with E-state index < -0.39 is 10.0 Å². The molecule has 2 aromatic rings. The van der Waals surface area contributed by atoms with Crippen LogP contribution in [0, 0.1) is 0 Å². The van der Waals surface area contributed by atoms with Crippen molar-refractivity contribution < 1.29 is 8.42 Å². The first-order valence-corrected chi connectivity index (χ1v) is 8.28. The van der Waals surface area contributed by atoms with Gasteiger partial charge in [-0.3, -0.25) is 4.98 Å². The van der Waals surface area contributed by atoms with Gasteiger partial charge in [0.15, 0.2) is 0 Å². The maximum atomic E-state index is 12.6. The zero-order valence-corrected chi connectivity index (χ0v) is 12.3. The largest absolute Gasteiger partial charge is 0.263 e. The summed E-state index contributed by atoms with van der Waals surface area (Å²) in [5.41, 5.74) is 0.899. The predicted octanol–water partition coefficient (Wildman–Crippen LogP) is 1.44. The van der Waals surface area contributed by atoms with Crippen LogP contribution in [0.15, 0.2) is 48.0 Å². The van der Waals surface area contributed by atoms with Crippen molar-refractivity contribution in [2.45, 2.75) is 23.7 Å². The van der Waals surface area contributed by atoms with Crippen LogP contribution in [-0.2, 0) is 10.0 Å². The maximum Gasteiger partial charge on any atom is 0.244 e. The highest BCUT2D eigenvalue weighted by Crippen LogP contribution is 2.28. The van der Waals surface area contributed by atoms with Gasteiger partial charge < -0.3 is 0 Å². The molecule has 0 aliphatic carbocycles. The van der Waals surface area contributed by atoms with Gasteiger partial charge >= 0.3 is 0 Å². The van der Waals surface area contributed by atoms with Gasteiger partial charge in [-0.15, -0.1) is 0 Å². The van der Waals surface area contributed by atoms with E-state index in [1.165, 1.54) is 16.8 Å². The molecule has 7 heteroatoms. The molecule has 110 valence electrons. The summed E-state index contributed by atoms with van der Waals surface area (Å²) in [4.78, 5) is 12.3. The number of pyridine rings is 1. The van der Waals surface area contributed by atoms with E-state index in [1.807, 2.05) is 6.07 Å². The van der Waals surface area contributed by atoms with Crippen LogP contribution in [0.5, 0.6) is 0 Å². The molecule has 0 N–H and O–H groups in total. The molecular weight excluding hydrogens is 288 g/mol. The monoisotopic (exact) mass is 304 g/mol. The molecule has 1 saturated heterocycles. The second kappa shape index (κ2) is 5.87.